The maximum Gasteiger partial charge on any atom is 0.348 e. The molecule has 0 radical (unpaired) electrons. The predicted octanol–water partition coefficient (Wildman–Crippen LogP) is 1.80. The minimum Gasteiger partial charge on any atom is -0.462 e. The number of carbonyl (C=O) groups excluding carboxylic acids is 1. The minimum absolute atomic E-state index is 0.159. The smallest absolute Gasteiger partial charge is 0.348 e. The van der Waals surface area contributed by atoms with E-state index in [1.165, 1.54) is 6.42 Å². The second-order valence-electron chi connectivity index (χ2n) is 3.10. The van der Waals surface area contributed by atoms with Crippen molar-refractivity contribution in [2.45, 2.75) is 26.2 Å². The van der Waals surface area contributed by atoms with Gasteiger partial charge in [0.2, 0.25) is 0 Å². The van der Waals surface area contributed by atoms with Gasteiger partial charge in [-0.2, -0.15) is 5.26 Å². The van der Waals surface area contributed by atoms with Crippen LogP contribution in [0.4, 0.5) is 0 Å². The highest BCUT2D eigenvalue weighted by molar-refractivity contribution is 5.92. The lowest BCUT2D eigenvalue weighted by molar-refractivity contribution is -0.138. The third kappa shape index (κ3) is 2.59. The molecule has 0 aromatic rings. The summed E-state index contributed by atoms with van der Waals surface area (Å²) in [7, 11) is 0. The molecule has 0 aliphatic heterocycles. The molecule has 0 N–H and O–H groups in total. The van der Waals surface area contributed by atoms with Crippen molar-refractivity contribution in [3.63, 3.8) is 0 Å². The van der Waals surface area contributed by atoms with Gasteiger partial charge in [0.05, 0.1) is 6.61 Å². The van der Waals surface area contributed by atoms with Crippen LogP contribution in [-0.2, 0) is 9.53 Å². The van der Waals surface area contributed by atoms with E-state index in [1.807, 2.05) is 6.07 Å². The van der Waals surface area contributed by atoms with Crippen molar-refractivity contribution in [2.24, 2.45) is 5.92 Å². The summed E-state index contributed by atoms with van der Waals surface area (Å²) in [5.41, 5.74) is 0.159. The molecule has 0 amide bonds. The Morgan fingerprint density at radius 1 is 1.69 bits per heavy atom. The number of nitrogens with zero attached hydrogens (tertiary/aromatic N) is 1. The number of esters is 1. The van der Waals surface area contributed by atoms with Crippen molar-refractivity contribution < 1.29 is 9.53 Å². The van der Waals surface area contributed by atoms with E-state index in [-0.39, 0.29) is 5.57 Å². The van der Waals surface area contributed by atoms with Crippen molar-refractivity contribution in [2.75, 3.05) is 6.61 Å². The summed E-state index contributed by atoms with van der Waals surface area (Å²) in [5, 5.41) is 8.67. The van der Waals surface area contributed by atoms with Gasteiger partial charge in [0, 0.05) is 0 Å². The van der Waals surface area contributed by atoms with Crippen LogP contribution in [0.1, 0.15) is 26.2 Å². The largest absolute Gasteiger partial charge is 0.462 e. The van der Waals surface area contributed by atoms with E-state index < -0.39 is 5.97 Å². The summed E-state index contributed by atoms with van der Waals surface area (Å²) in [6.45, 7) is 2.05. The number of carbonyl (C=O) groups is 1. The molecule has 70 valence electrons. The first-order chi connectivity index (χ1) is 6.27. The second kappa shape index (κ2) is 4.66. The third-order valence-corrected chi connectivity index (χ3v) is 2.17. The van der Waals surface area contributed by atoms with Crippen LogP contribution in [0.15, 0.2) is 11.6 Å². The Balaban J connectivity index is 2.55. The molecule has 3 nitrogen and oxygen atoms in total. The fourth-order valence-electron chi connectivity index (χ4n) is 1.20. The molecule has 1 rings (SSSR count). The van der Waals surface area contributed by atoms with E-state index in [4.69, 9.17) is 10.00 Å². The predicted molar refractivity (Wildman–Crippen MR) is 47.7 cm³/mol. The molecular formula is C10H13NO2. The first kappa shape index (κ1) is 9.79. The molecule has 0 atom stereocenters. The molecule has 13 heavy (non-hydrogen) atoms. The van der Waals surface area contributed by atoms with Crippen molar-refractivity contribution >= 4 is 5.97 Å². The Kier molecular flexibility index (Phi) is 3.51. The van der Waals surface area contributed by atoms with Crippen molar-refractivity contribution in [1.29, 1.82) is 5.26 Å². The van der Waals surface area contributed by atoms with Gasteiger partial charge in [0.15, 0.2) is 0 Å². The van der Waals surface area contributed by atoms with Crippen LogP contribution in [0.3, 0.4) is 0 Å². The Bertz CT molecular complexity index is 259. The lowest BCUT2D eigenvalue weighted by atomic mass is 9.84. The first-order valence-corrected chi connectivity index (χ1v) is 4.57. The van der Waals surface area contributed by atoms with Crippen molar-refractivity contribution in [3.8, 4) is 6.07 Å². The van der Waals surface area contributed by atoms with E-state index in [0.717, 1.165) is 12.8 Å². The molecular weight excluding hydrogens is 166 g/mol. The molecule has 0 bridgehead atoms. The SMILES string of the molecule is CCOC(=O)/C(C#N)=C/C1CCC1. The van der Waals surface area contributed by atoms with Gasteiger partial charge in [0.1, 0.15) is 11.6 Å². The zero-order chi connectivity index (χ0) is 9.68. The summed E-state index contributed by atoms with van der Waals surface area (Å²) >= 11 is 0. The molecule has 1 saturated carbocycles. The number of nitriles is 1. The normalized spacial score (nSPS) is 17.4. The molecule has 1 aliphatic rings. The fraction of sp³-hybridized carbons (Fsp3) is 0.600. The molecule has 0 spiro atoms. The van der Waals surface area contributed by atoms with Crippen molar-refractivity contribution in [1.82, 2.24) is 0 Å². The van der Waals surface area contributed by atoms with Gasteiger partial charge < -0.3 is 4.74 Å². The average molecular weight is 179 g/mol. The van der Waals surface area contributed by atoms with Gasteiger partial charge in [-0.3, -0.25) is 0 Å². The van der Waals surface area contributed by atoms with Gasteiger partial charge in [-0.1, -0.05) is 12.5 Å². The molecule has 0 saturated heterocycles. The summed E-state index contributed by atoms with van der Waals surface area (Å²) in [5.74, 6) is -0.0732. The highest BCUT2D eigenvalue weighted by Crippen LogP contribution is 2.28. The van der Waals surface area contributed by atoms with E-state index in [2.05, 4.69) is 0 Å². The fourth-order valence-corrected chi connectivity index (χ4v) is 1.20. The van der Waals surface area contributed by atoms with Gasteiger partial charge in [-0.05, 0) is 25.7 Å². The van der Waals surface area contributed by atoms with Gasteiger partial charge >= 0.3 is 5.97 Å². The van der Waals surface area contributed by atoms with Crippen molar-refractivity contribution in [3.05, 3.63) is 11.6 Å². The lowest BCUT2D eigenvalue weighted by Crippen LogP contribution is -2.12. The monoisotopic (exact) mass is 179 g/mol. The lowest BCUT2D eigenvalue weighted by Gasteiger charge is -2.21. The van der Waals surface area contributed by atoms with Crippen LogP contribution in [0.25, 0.3) is 0 Å². The van der Waals surface area contributed by atoms with Crippen LogP contribution in [0.2, 0.25) is 0 Å². The average Bonchev–Trinajstić information content (AvgIpc) is 2.03. The van der Waals surface area contributed by atoms with E-state index in [1.54, 1.807) is 13.0 Å². The van der Waals surface area contributed by atoms with E-state index >= 15 is 0 Å². The second-order valence-corrected chi connectivity index (χ2v) is 3.10. The maximum absolute atomic E-state index is 11.1. The van der Waals surface area contributed by atoms with Crippen LogP contribution >= 0.6 is 0 Å². The number of hydrogen-bond donors (Lipinski definition) is 0. The quantitative estimate of drug-likeness (QED) is 0.377. The molecule has 0 unspecified atom stereocenters. The van der Waals surface area contributed by atoms with E-state index in [9.17, 15) is 4.79 Å². The molecule has 1 fully saturated rings. The Labute approximate surface area is 78.0 Å². The molecule has 0 aromatic carbocycles. The highest BCUT2D eigenvalue weighted by atomic mass is 16.5. The van der Waals surface area contributed by atoms with Crippen LogP contribution in [-0.4, -0.2) is 12.6 Å². The zero-order valence-electron chi connectivity index (χ0n) is 7.75. The zero-order valence-corrected chi connectivity index (χ0v) is 7.75. The molecule has 0 heterocycles. The number of rotatable bonds is 3. The van der Waals surface area contributed by atoms with Crippen LogP contribution < -0.4 is 0 Å². The Morgan fingerprint density at radius 3 is 2.77 bits per heavy atom. The highest BCUT2D eigenvalue weighted by Gasteiger charge is 2.18. The van der Waals surface area contributed by atoms with Crippen LogP contribution in [0.5, 0.6) is 0 Å². The minimum atomic E-state index is -0.489. The third-order valence-electron chi connectivity index (χ3n) is 2.17. The Morgan fingerprint density at radius 2 is 2.38 bits per heavy atom. The molecule has 1 aliphatic carbocycles. The number of ether oxygens (including phenoxy) is 1. The summed E-state index contributed by atoms with van der Waals surface area (Å²) < 4.78 is 4.73. The van der Waals surface area contributed by atoms with Gasteiger partial charge in [0.25, 0.3) is 0 Å². The first-order valence-electron chi connectivity index (χ1n) is 4.57. The maximum atomic E-state index is 11.1. The molecule has 0 aromatic heterocycles. The van der Waals surface area contributed by atoms with Crippen LogP contribution in [0, 0.1) is 17.2 Å². The summed E-state index contributed by atoms with van der Waals surface area (Å²) in [4.78, 5) is 11.1. The van der Waals surface area contributed by atoms with E-state index in [0.29, 0.717) is 12.5 Å². The Hall–Kier alpha value is -1.30. The number of allylic oxidation sites excluding steroid dienone is 1. The standard InChI is InChI=1S/C10H13NO2/c1-2-13-10(12)9(7-11)6-8-4-3-5-8/h6,8H,2-5H2,1H3/b9-6+. The van der Waals surface area contributed by atoms with Gasteiger partial charge in [-0.25, -0.2) is 4.79 Å². The summed E-state index contributed by atoms with van der Waals surface area (Å²) in [6.07, 6.45) is 5.11. The topological polar surface area (TPSA) is 50.1 Å². The van der Waals surface area contributed by atoms with Gasteiger partial charge in [-0.15, -0.1) is 0 Å². The summed E-state index contributed by atoms with van der Waals surface area (Å²) in [6, 6.07) is 1.87. The molecule has 3 heteroatoms. The number of hydrogen-bond acceptors (Lipinski definition) is 3.